The number of ether oxygens (including phenoxy) is 1. The molecule has 0 saturated heterocycles. The van der Waals surface area contributed by atoms with Crippen molar-refractivity contribution in [3.05, 3.63) is 34.3 Å². The number of hydrogen-bond acceptors (Lipinski definition) is 2. The monoisotopic (exact) mass is 308 g/mol. The van der Waals surface area contributed by atoms with Gasteiger partial charge in [-0.2, -0.15) is 0 Å². The predicted molar refractivity (Wildman–Crippen MR) is 87.0 cm³/mol. The summed E-state index contributed by atoms with van der Waals surface area (Å²) in [5.41, 5.74) is 1.44. The van der Waals surface area contributed by atoms with Crippen LogP contribution in [0.5, 0.6) is 0 Å². The van der Waals surface area contributed by atoms with Crippen LogP contribution in [0.25, 0.3) is 0 Å². The zero-order valence-electron chi connectivity index (χ0n) is 13.1. The molecule has 3 heteroatoms. The van der Waals surface area contributed by atoms with E-state index < -0.39 is 5.60 Å². The van der Waals surface area contributed by atoms with Crippen molar-refractivity contribution < 1.29 is 9.53 Å². The maximum atomic E-state index is 12.9. The van der Waals surface area contributed by atoms with Crippen molar-refractivity contribution in [2.45, 2.75) is 64.4 Å². The molecule has 0 heterocycles. The van der Waals surface area contributed by atoms with Gasteiger partial charge in [0.25, 0.3) is 0 Å². The first-order chi connectivity index (χ1) is 10.1. The molecule has 21 heavy (non-hydrogen) atoms. The Morgan fingerprint density at radius 1 is 1.24 bits per heavy atom. The highest BCUT2D eigenvalue weighted by Crippen LogP contribution is 2.33. The molecule has 0 spiro atoms. The lowest BCUT2D eigenvalue weighted by molar-refractivity contribution is -0.145. The van der Waals surface area contributed by atoms with E-state index in [0.29, 0.717) is 18.1 Å². The van der Waals surface area contributed by atoms with Crippen LogP contribution in [0.2, 0.25) is 5.02 Å². The molecular weight excluding hydrogens is 284 g/mol. The highest BCUT2D eigenvalue weighted by molar-refractivity contribution is 6.31. The molecular formula is C18H25ClO2. The van der Waals surface area contributed by atoms with Gasteiger partial charge in [-0.1, -0.05) is 49.4 Å². The summed E-state index contributed by atoms with van der Waals surface area (Å²) in [6.45, 7) is 4.57. The van der Waals surface area contributed by atoms with Gasteiger partial charge >= 0.3 is 0 Å². The summed E-state index contributed by atoms with van der Waals surface area (Å²) in [4.78, 5) is 12.9. The topological polar surface area (TPSA) is 26.3 Å². The number of carbonyl (C=O) groups excluding carboxylic acids is 1. The molecule has 1 saturated carbocycles. The van der Waals surface area contributed by atoms with Crippen LogP contribution >= 0.6 is 11.6 Å². The SMILES string of the molecule is CCOC1(C(=O)Cc2ccc(C)cc2Cl)CCCCCC1. The number of hydrogen-bond donors (Lipinski definition) is 0. The van der Waals surface area contributed by atoms with E-state index in [1.807, 2.05) is 32.0 Å². The second-order valence-corrected chi connectivity index (χ2v) is 6.44. The number of Topliss-reactive ketones (excluding diaryl/α,β-unsaturated/α-hetero) is 1. The Morgan fingerprint density at radius 3 is 2.48 bits per heavy atom. The average molecular weight is 309 g/mol. The van der Waals surface area contributed by atoms with E-state index in [-0.39, 0.29) is 5.78 Å². The Labute approximate surface area is 132 Å². The minimum atomic E-state index is -0.584. The molecule has 1 aromatic rings. The Balaban J connectivity index is 2.18. The average Bonchev–Trinajstić information content (AvgIpc) is 2.69. The van der Waals surface area contributed by atoms with E-state index in [9.17, 15) is 4.79 Å². The molecule has 116 valence electrons. The first-order valence-electron chi connectivity index (χ1n) is 8.00. The third-order valence-electron chi connectivity index (χ3n) is 4.40. The van der Waals surface area contributed by atoms with Crippen LogP contribution in [0, 0.1) is 6.92 Å². The normalized spacial score (nSPS) is 18.2. The Bertz CT molecular complexity index is 488. The lowest BCUT2D eigenvalue weighted by Crippen LogP contribution is -2.42. The van der Waals surface area contributed by atoms with Gasteiger partial charge in [-0.15, -0.1) is 0 Å². The summed E-state index contributed by atoms with van der Waals surface area (Å²) in [5.74, 6) is 0.192. The van der Waals surface area contributed by atoms with Crippen LogP contribution in [0.4, 0.5) is 0 Å². The quantitative estimate of drug-likeness (QED) is 0.724. The van der Waals surface area contributed by atoms with Crippen LogP contribution in [0.1, 0.15) is 56.6 Å². The van der Waals surface area contributed by atoms with E-state index in [2.05, 4.69) is 0 Å². The second kappa shape index (κ2) is 7.42. The third-order valence-corrected chi connectivity index (χ3v) is 4.75. The molecule has 0 amide bonds. The van der Waals surface area contributed by atoms with Gasteiger partial charge in [-0.25, -0.2) is 0 Å². The first-order valence-corrected chi connectivity index (χ1v) is 8.37. The lowest BCUT2D eigenvalue weighted by Gasteiger charge is -2.31. The van der Waals surface area contributed by atoms with E-state index in [1.54, 1.807) is 0 Å². The van der Waals surface area contributed by atoms with E-state index in [4.69, 9.17) is 16.3 Å². The first kappa shape index (κ1) is 16.5. The van der Waals surface area contributed by atoms with Crippen molar-refractivity contribution >= 4 is 17.4 Å². The van der Waals surface area contributed by atoms with Crippen molar-refractivity contribution in [3.8, 4) is 0 Å². The molecule has 0 aromatic heterocycles. The number of benzene rings is 1. The molecule has 0 unspecified atom stereocenters. The van der Waals surface area contributed by atoms with Gasteiger partial charge in [0.2, 0.25) is 0 Å². The van der Waals surface area contributed by atoms with Gasteiger partial charge in [0, 0.05) is 18.1 Å². The number of carbonyl (C=O) groups is 1. The maximum Gasteiger partial charge on any atom is 0.169 e. The Hall–Kier alpha value is -0.860. The molecule has 1 aromatic carbocycles. The summed E-state index contributed by atoms with van der Waals surface area (Å²) < 4.78 is 5.96. The van der Waals surface area contributed by atoms with Crippen LogP contribution in [0.15, 0.2) is 18.2 Å². The molecule has 1 fully saturated rings. The van der Waals surface area contributed by atoms with E-state index in [0.717, 1.165) is 36.8 Å². The van der Waals surface area contributed by atoms with Gasteiger partial charge < -0.3 is 4.74 Å². The van der Waals surface area contributed by atoms with Gasteiger partial charge in [-0.3, -0.25) is 4.79 Å². The van der Waals surface area contributed by atoms with Gasteiger partial charge in [0.05, 0.1) is 0 Å². The number of ketones is 1. The summed E-state index contributed by atoms with van der Waals surface area (Å²) in [6, 6.07) is 5.89. The fourth-order valence-corrected chi connectivity index (χ4v) is 3.51. The molecule has 0 radical (unpaired) electrons. The minimum absolute atomic E-state index is 0.192. The largest absolute Gasteiger partial charge is 0.367 e. The van der Waals surface area contributed by atoms with Crippen LogP contribution in [0.3, 0.4) is 0 Å². The standard InChI is InChI=1S/C18H25ClO2/c1-3-21-18(10-6-4-5-7-11-18)17(20)13-15-9-8-14(2)12-16(15)19/h8-9,12H,3-7,10-11,13H2,1-2H3. The zero-order valence-corrected chi connectivity index (χ0v) is 13.8. The Morgan fingerprint density at radius 2 is 1.90 bits per heavy atom. The van der Waals surface area contributed by atoms with Crippen LogP contribution in [-0.2, 0) is 16.0 Å². The van der Waals surface area contributed by atoms with Crippen molar-refractivity contribution in [2.75, 3.05) is 6.61 Å². The number of halogens is 1. The molecule has 0 aliphatic heterocycles. The summed E-state index contributed by atoms with van der Waals surface area (Å²) in [7, 11) is 0. The van der Waals surface area contributed by atoms with Crippen LogP contribution < -0.4 is 0 Å². The van der Waals surface area contributed by atoms with Gasteiger partial charge in [0.1, 0.15) is 5.60 Å². The van der Waals surface area contributed by atoms with E-state index in [1.165, 1.54) is 12.8 Å². The highest BCUT2D eigenvalue weighted by atomic mass is 35.5. The lowest BCUT2D eigenvalue weighted by atomic mass is 9.86. The predicted octanol–water partition coefficient (Wildman–Crippen LogP) is 4.89. The molecule has 0 bridgehead atoms. The second-order valence-electron chi connectivity index (χ2n) is 6.04. The summed E-state index contributed by atoms with van der Waals surface area (Å²) >= 11 is 6.27. The van der Waals surface area contributed by atoms with Crippen molar-refractivity contribution in [3.63, 3.8) is 0 Å². The number of aryl methyl sites for hydroxylation is 1. The van der Waals surface area contributed by atoms with Gasteiger partial charge in [-0.05, 0) is 43.9 Å². The minimum Gasteiger partial charge on any atom is -0.367 e. The zero-order chi connectivity index (χ0) is 15.3. The van der Waals surface area contributed by atoms with Crippen molar-refractivity contribution in [1.29, 1.82) is 0 Å². The number of rotatable bonds is 5. The molecule has 1 aliphatic carbocycles. The Kier molecular flexibility index (Phi) is 5.83. The fraction of sp³-hybridized carbons (Fsp3) is 0.611. The maximum absolute atomic E-state index is 12.9. The van der Waals surface area contributed by atoms with Crippen molar-refractivity contribution in [1.82, 2.24) is 0 Å². The highest BCUT2D eigenvalue weighted by Gasteiger charge is 2.38. The molecule has 2 rings (SSSR count). The molecule has 1 aliphatic rings. The van der Waals surface area contributed by atoms with Crippen LogP contribution in [-0.4, -0.2) is 18.0 Å². The van der Waals surface area contributed by atoms with Gasteiger partial charge in [0.15, 0.2) is 5.78 Å². The molecule has 2 nitrogen and oxygen atoms in total. The summed E-state index contributed by atoms with van der Waals surface area (Å²) in [6.07, 6.45) is 6.63. The fourth-order valence-electron chi connectivity index (χ4n) is 3.21. The van der Waals surface area contributed by atoms with Crippen molar-refractivity contribution in [2.24, 2.45) is 0 Å². The van der Waals surface area contributed by atoms with E-state index >= 15 is 0 Å². The smallest absolute Gasteiger partial charge is 0.169 e. The third kappa shape index (κ3) is 4.08. The molecule has 0 N–H and O–H groups in total. The molecule has 0 atom stereocenters. The summed E-state index contributed by atoms with van der Waals surface area (Å²) in [5, 5.41) is 0.684.